The normalized spacial score (nSPS) is 19.6. The molecule has 44 heteroatoms. The molecule has 139 heavy (non-hydrogen) atoms. The summed E-state index contributed by atoms with van der Waals surface area (Å²) in [5.41, 5.74) is 2.49. The fraction of sp³-hybridized carbons (Fsp3) is 0.463. The van der Waals surface area contributed by atoms with Gasteiger partial charge in [0.25, 0.3) is 0 Å². The van der Waals surface area contributed by atoms with Crippen molar-refractivity contribution in [3.63, 3.8) is 0 Å². The molecule has 14 amide bonds. The van der Waals surface area contributed by atoms with Crippen molar-refractivity contribution in [1.29, 1.82) is 0 Å². The molecule has 748 valence electrons. The average molecular weight is 2070 g/mol. The molecule has 2 saturated heterocycles. The van der Waals surface area contributed by atoms with Gasteiger partial charge in [-0.3, -0.25) is 71.9 Å². The van der Waals surface area contributed by atoms with E-state index in [2.05, 4.69) is 89.1 Å². The number of urea groups is 1. The third kappa shape index (κ3) is 33.3. The number of imidazole rings is 2. The van der Waals surface area contributed by atoms with Crippen LogP contribution in [-0.2, 0) is 86.4 Å². The minimum atomic E-state index is -1.80. The van der Waals surface area contributed by atoms with E-state index in [4.69, 9.17) is 4.42 Å². The molecule has 2 fully saturated rings. The molecule has 5 aromatic rings. The van der Waals surface area contributed by atoms with Crippen LogP contribution in [0, 0.1) is 29.6 Å². The molecule has 41 nitrogen and oxygen atoms in total. The van der Waals surface area contributed by atoms with Crippen molar-refractivity contribution in [3.8, 4) is 28.2 Å². The quantitative estimate of drug-likeness (QED) is 0.00996. The minimum Gasteiger partial charge on any atom is -0.508 e. The van der Waals surface area contributed by atoms with Crippen molar-refractivity contribution in [1.82, 2.24) is 88.6 Å². The van der Waals surface area contributed by atoms with Gasteiger partial charge in [-0.1, -0.05) is 125 Å². The minimum absolute atomic E-state index is 0.0256. The Labute approximate surface area is 823 Å². The number of carboxylic acid groups (broad SMARTS) is 2. The Hall–Kier alpha value is -13.2. The molecule has 5 aliphatic rings. The number of aliphatic hydroxyl groups is 2. The fourth-order valence-corrected chi connectivity index (χ4v) is 19.0. The highest BCUT2D eigenvalue weighted by Gasteiger charge is 2.44. The number of allylic oxidation sites excluding steroid dienone is 3. The molecule has 14 atom stereocenters. The number of aliphatic hydroxyl groups excluding tert-OH is 2. The van der Waals surface area contributed by atoms with Gasteiger partial charge in [0.2, 0.25) is 70.9 Å². The number of H-pyrrole nitrogens is 2. The molecule has 5 heterocycles. The zero-order valence-corrected chi connectivity index (χ0v) is 82.1. The molecule has 20 N–H and O–H groups in total. The first kappa shape index (κ1) is 109. The predicted molar refractivity (Wildman–Crippen MR) is 525 cm³/mol. The number of rotatable bonds is 38. The van der Waals surface area contributed by atoms with Crippen LogP contribution in [0.3, 0.4) is 0 Å². The number of aromatic carboxylic acids is 1. The molecular formula is C95H121IN18O23S2. The van der Waals surface area contributed by atoms with Crippen LogP contribution < -0.4 is 74.5 Å². The number of carboxylic acids is 2. The number of nitrogens with zero attached hydrogens (tertiary/aromatic N) is 3. The number of amides is 14. The molecule has 3 unspecified atom stereocenters. The Balaban J connectivity index is 0.000000316. The Morgan fingerprint density at radius 1 is 0.683 bits per heavy atom. The third-order valence-corrected chi connectivity index (χ3v) is 26.8. The maximum Gasteiger partial charge on any atom is 0.336 e. The number of carbonyl (C=O) groups excluding carboxylic acids is 14. The van der Waals surface area contributed by atoms with Gasteiger partial charge in [-0.2, -0.15) is 0 Å². The van der Waals surface area contributed by atoms with Gasteiger partial charge in [-0.05, 0) is 145 Å². The Morgan fingerprint density at radius 3 is 2.04 bits per heavy atom. The number of Topliss-reactive ketones (excluding diaryl/α,β-unsaturated/α-hetero) is 1. The highest BCUT2D eigenvalue weighted by molar-refractivity contribution is 14.1. The number of halogens is 1. The molecule has 10 rings (SSSR count). The lowest BCUT2D eigenvalue weighted by Crippen LogP contribution is -2.61. The van der Waals surface area contributed by atoms with Crippen LogP contribution in [-0.4, -0.2) is 250 Å². The number of aromatic hydroxyl groups is 1. The summed E-state index contributed by atoms with van der Waals surface area (Å²) >= 11 is 1.92. The van der Waals surface area contributed by atoms with E-state index in [1.54, 1.807) is 94.6 Å². The Kier molecular flexibility index (Phi) is 41.8. The predicted octanol–water partition coefficient (Wildman–Crippen LogP) is 5.40. The summed E-state index contributed by atoms with van der Waals surface area (Å²) in [6.07, 6.45) is 9.72. The molecule has 0 saturated carbocycles. The number of nitrogens with one attached hydrogen (secondary N) is 15. The highest BCUT2D eigenvalue weighted by Crippen LogP contribution is 2.43. The van der Waals surface area contributed by atoms with Gasteiger partial charge in [0, 0.05) is 128 Å². The molecule has 0 spiro atoms. The second kappa shape index (κ2) is 53.1. The number of likely N-dealkylation sites (N-methyl/N-ethyl adjacent to an activating group) is 1. The van der Waals surface area contributed by atoms with Crippen LogP contribution in [0.25, 0.3) is 33.4 Å². The van der Waals surface area contributed by atoms with Crippen molar-refractivity contribution >= 4 is 155 Å². The smallest absolute Gasteiger partial charge is 0.336 e. The first-order chi connectivity index (χ1) is 66.1. The van der Waals surface area contributed by atoms with Crippen molar-refractivity contribution in [2.24, 2.45) is 29.6 Å². The van der Waals surface area contributed by atoms with E-state index in [-0.39, 0.29) is 146 Å². The van der Waals surface area contributed by atoms with Crippen LogP contribution in [0.15, 0.2) is 141 Å². The monoisotopic (exact) mass is 2070 g/mol. The molecule has 2 aromatic heterocycles. The van der Waals surface area contributed by atoms with Gasteiger partial charge in [-0.25, -0.2) is 19.6 Å². The standard InChI is InChI=1S/C50H75IN10O13S2.C45H46N8O10/c1-9-26(6)42(49(73)54-33(28(8)62)12-24(2)3)60-46(70)36(16-30-19-52-23-53-30)56-47(71)38-22-76-75-21-27(7)50(74)61-20-31(63)17-39(61)48(72)58-35(15-29-10-11-40(64)32(51)14-29)44(68)57-37(18-41(65)66)45(69)55-34(13-25(4)5)43(67)59-38;1-46-42(58)35(24-38-47-18-19-48-38)53-43(59)34(20-26-8-4-2-5-9-26)52-40(57)25-50-39(56)10-6-3-7-17-49-45(62)51-27-11-14-30(33(21-27)44(60)61)41-31-15-12-28(54)22-36(31)63-37-23-29(55)13-16-32(37)41/h11,14,19,23-27,29,31,33-39,42,63-64H,9-10,12-13,15-18,20-22H2,1-8H3,(H,52,53)(H,54,73)(H,55,69)(H,56,71)(H,57,68)(H,58,72)(H,59,67)(H,60,70)(H,65,66);2,4-5,8-9,11-16,18-19,21-23,34-35,54H,3,6-7,10,17,20,24-25H2,1H3,(H,46,58)(H,47,48)(H,50,56)(H,52,57)(H,53,59)(H,60,61)(H2,49,51,62)/t26?,27-,29?,31?,33-,34-,35-,36-,37-,38-,39-,42-;34-,35-/m00/s1. The van der Waals surface area contributed by atoms with Crippen molar-refractivity contribution < 1.29 is 107 Å². The number of carbonyl (C=O) groups is 16. The van der Waals surface area contributed by atoms with Crippen molar-refractivity contribution in [3.05, 3.63) is 164 Å². The van der Waals surface area contributed by atoms with E-state index < -0.39 is 174 Å². The number of benzene rings is 4. The summed E-state index contributed by atoms with van der Waals surface area (Å²) < 4.78 is 6.36. The number of hydrogen-bond acceptors (Lipinski definition) is 25. The zero-order valence-electron chi connectivity index (χ0n) is 78.3. The topological polar surface area (TPSA) is 621 Å². The number of fused-ring (bicyclic) bond motifs is 3. The van der Waals surface area contributed by atoms with E-state index in [9.17, 15) is 107 Å². The Bertz CT molecular complexity index is 5630. The summed E-state index contributed by atoms with van der Waals surface area (Å²) in [7, 11) is 3.73. The van der Waals surface area contributed by atoms with Crippen LogP contribution in [0.1, 0.15) is 153 Å². The second-order valence-electron chi connectivity index (χ2n) is 35.3. The number of unbranched alkanes of at least 4 members (excludes halogenated alkanes) is 2. The van der Waals surface area contributed by atoms with Gasteiger partial charge in [0.1, 0.15) is 83.1 Å². The van der Waals surface area contributed by atoms with Crippen molar-refractivity contribution in [2.75, 3.05) is 43.5 Å². The first-order valence-corrected chi connectivity index (χ1v) is 49.3. The lowest BCUT2D eigenvalue weighted by Gasteiger charge is -2.30. The number of hydrogen-bond donors (Lipinski definition) is 20. The first-order valence-electron chi connectivity index (χ1n) is 45.7. The largest absolute Gasteiger partial charge is 0.508 e. The van der Waals surface area contributed by atoms with E-state index in [0.29, 0.717) is 69.3 Å². The summed E-state index contributed by atoms with van der Waals surface area (Å²) in [6.45, 7) is 13.6. The van der Waals surface area contributed by atoms with Crippen LogP contribution >= 0.6 is 44.2 Å². The molecule has 0 radical (unpaired) electrons. The number of ketones is 1. The van der Waals surface area contributed by atoms with Crippen LogP contribution in [0.2, 0.25) is 0 Å². The van der Waals surface area contributed by atoms with Crippen molar-refractivity contribution in [2.45, 2.75) is 212 Å². The number of aliphatic carboxylic acids is 1. The summed E-state index contributed by atoms with van der Waals surface area (Å²) in [5, 5.41) is 86.3. The van der Waals surface area contributed by atoms with E-state index in [1.807, 2.05) is 49.4 Å². The maximum absolute atomic E-state index is 14.6. The SMILES string of the molecule is CCC(C)[C@H](NC(=O)[C@H](Cc1cnc[nH]1)NC(=O)[C@@H]1CSSC[C@H](C)C(=O)N2CC(O)C[C@H]2C(=O)N[C@@H](CC2C=C(I)C(O)=CC2)C(=O)N[C@@H](CC(=O)O)C(=O)N[C@@H](CC(C)C)C(=O)N1)C(=O)N[C@@H](CC(C)C)C(C)=O.CNC(=O)[C@H](Cc1ncc[nH]1)NC(=O)[C@H](Cc1ccccc1)NC(=O)CNC(=O)CCCCCNC(=O)Nc1ccc(-c2c3ccc(=O)cc-3oc3cc(O)ccc23)c(C(=O)O)c1. The fourth-order valence-electron chi connectivity index (χ4n) is 15.8. The maximum atomic E-state index is 14.6. The summed E-state index contributed by atoms with van der Waals surface area (Å²) in [4.78, 5) is 243. The van der Waals surface area contributed by atoms with Gasteiger partial charge < -0.3 is 114 Å². The lowest BCUT2D eigenvalue weighted by atomic mass is 9.90. The Morgan fingerprint density at radius 2 is 1.37 bits per heavy atom. The molecule has 3 aromatic carbocycles. The number of aromatic nitrogens is 4. The van der Waals surface area contributed by atoms with Gasteiger partial charge in [0.15, 0.2) is 11.2 Å². The molecule has 3 aliphatic heterocycles. The van der Waals surface area contributed by atoms with Gasteiger partial charge >= 0.3 is 18.0 Å². The number of phenols is 1. The number of anilines is 1. The zero-order chi connectivity index (χ0) is 101. The van der Waals surface area contributed by atoms with Gasteiger partial charge in [0.05, 0.1) is 40.6 Å². The second-order valence-corrected chi connectivity index (χ2v) is 39.0. The highest BCUT2D eigenvalue weighted by atomic mass is 127. The van der Waals surface area contributed by atoms with E-state index >= 15 is 0 Å². The number of phenolic OH excluding ortho intramolecular Hbond substituents is 1. The molecular weight excluding hydrogens is 1950 g/mol. The number of aromatic amines is 2. The van der Waals surface area contributed by atoms with E-state index in [0.717, 1.165) is 16.4 Å². The molecule has 0 bridgehead atoms. The molecule has 2 aliphatic carbocycles. The van der Waals surface area contributed by atoms with Crippen LogP contribution in [0.4, 0.5) is 10.5 Å². The third-order valence-electron chi connectivity index (χ3n) is 23.3. The summed E-state index contributed by atoms with van der Waals surface area (Å²) in [5.74, 6) is -12.6. The average Bonchev–Trinajstić information content (AvgIpc) is 0.964. The van der Waals surface area contributed by atoms with E-state index in [1.165, 1.54) is 78.7 Å². The lowest BCUT2D eigenvalue weighted by molar-refractivity contribution is -0.142. The van der Waals surface area contributed by atoms with Gasteiger partial charge in [-0.15, -0.1) is 0 Å². The summed E-state index contributed by atoms with van der Waals surface area (Å²) in [6, 6.07) is 8.88. The van der Waals surface area contributed by atoms with Crippen LogP contribution in [0.5, 0.6) is 5.75 Å².